The van der Waals surface area contributed by atoms with Gasteiger partial charge in [-0.3, -0.25) is 9.59 Å². The van der Waals surface area contributed by atoms with Crippen molar-refractivity contribution < 1.29 is 23.5 Å². The van der Waals surface area contributed by atoms with Crippen LogP contribution in [0.2, 0.25) is 0 Å². The molecule has 1 aromatic heterocycles. The van der Waals surface area contributed by atoms with Gasteiger partial charge in [0.05, 0.1) is 19.6 Å². The molecule has 0 aliphatic carbocycles. The number of fused-ring (bicyclic) bond motifs is 1. The van der Waals surface area contributed by atoms with E-state index in [9.17, 15) is 9.59 Å². The summed E-state index contributed by atoms with van der Waals surface area (Å²) in [7, 11) is 1.60. The van der Waals surface area contributed by atoms with Gasteiger partial charge in [0.25, 0.3) is 5.91 Å². The Kier molecular flexibility index (Phi) is 4.97. The van der Waals surface area contributed by atoms with E-state index in [0.717, 1.165) is 29.5 Å². The van der Waals surface area contributed by atoms with Crippen LogP contribution >= 0.6 is 0 Å². The number of esters is 1. The highest BCUT2D eigenvalue weighted by Crippen LogP contribution is 2.30. The number of hydrogen-bond acceptors (Lipinski definition) is 5. The molecule has 134 valence electrons. The maximum absolute atomic E-state index is 12.9. The van der Waals surface area contributed by atoms with Gasteiger partial charge in [-0.2, -0.15) is 0 Å². The SMILES string of the molecule is CCOC(=O)C1CCCN(C(=O)c2oc3ccc(OC)cc3c2C)C1. The number of carbonyl (C=O) groups is 2. The summed E-state index contributed by atoms with van der Waals surface area (Å²) in [6, 6.07) is 5.47. The quantitative estimate of drug-likeness (QED) is 0.796. The molecule has 1 atom stereocenters. The normalized spacial score (nSPS) is 17.6. The number of piperidine rings is 1. The zero-order chi connectivity index (χ0) is 18.0. The Morgan fingerprint density at radius 2 is 2.16 bits per heavy atom. The standard InChI is InChI=1S/C19H23NO5/c1-4-24-19(22)13-6-5-9-20(11-13)18(21)17-12(2)15-10-14(23-3)7-8-16(15)25-17/h7-8,10,13H,4-6,9,11H2,1-3H3. The molecule has 1 unspecified atom stereocenters. The third-order valence-electron chi connectivity index (χ3n) is 4.67. The lowest BCUT2D eigenvalue weighted by molar-refractivity contribution is -0.149. The van der Waals surface area contributed by atoms with Gasteiger partial charge in [-0.15, -0.1) is 0 Å². The molecule has 6 nitrogen and oxygen atoms in total. The molecule has 1 aromatic carbocycles. The van der Waals surface area contributed by atoms with E-state index in [4.69, 9.17) is 13.9 Å². The van der Waals surface area contributed by atoms with Crippen LogP contribution in [0.5, 0.6) is 5.75 Å². The smallest absolute Gasteiger partial charge is 0.310 e. The van der Waals surface area contributed by atoms with Gasteiger partial charge in [0.2, 0.25) is 0 Å². The third kappa shape index (κ3) is 3.34. The summed E-state index contributed by atoms with van der Waals surface area (Å²) in [5.74, 6) is 0.374. The minimum atomic E-state index is -0.262. The van der Waals surface area contributed by atoms with Crippen molar-refractivity contribution in [2.75, 3.05) is 26.8 Å². The molecule has 0 saturated carbocycles. The molecule has 0 bridgehead atoms. The van der Waals surface area contributed by atoms with Crippen LogP contribution in [0.1, 0.15) is 35.9 Å². The van der Waals surface area contributed by atoms with Gasteiger partial charge in [0, 0.05) is 24.0 Å². The van der Waals surface area contributed by atoms with Gasteiger partial charge in [0.1, 0.15) is 11.3 Å². The highest BCUT2D eigenvalue weighted by atomic mass is 16.5. The zero-order valence-electron chi connectivity index (χ0n) is 14.8. The second-order valence-electron chi connectivity index (χ2n) is 6.26. The van der Waals surface area contributed by atoms with Crippen molar-refractivity contribution in [3.63, 3.8) is 0 Å². The van der Waals surface area contributed by atoms with E-state index in [1.807, 2.05) is 13.0 Å². The van der Waals surface area contributed by atoms with E-state index >= 15 is 0 Å². The van der Waals surface area contributed by atoms with E-state index in [-0.39, 0.29) is 17.8 Å². The fourth-order valence-electron chi connectivity index (χ4n) is 3.29. The molecule has 0 spiro atoms. The van der Waals surface area contributed by atoms with Crippen molar-refractivity contribution in [1.82, 2.24) is 4.90 Å². The van der Waals surface area contributed by atoms with E-state index in [0.29, 0.717) is 31.0 Å². The molecule has 0 N–H and O–H groups in total. The minimum absolute atomic E-state index is 0.179. The molecule has 1 aliphatic rings. The summed E-state index contributed by atoms with van der Waals surface area (Å²) in [6.07, 6.45) is 1.53. The van der Waals surface area contributed by atoms with Crippen molar-refractivity contribution in [1.29, 1.82) is 0 Å². The molecule has 1 saturated heterocycles. The third-order valence-corrected chi connectivity index (χ3v) is 4.67. The number of likely N-dealkylation sites (tertiary alicyclic amines) is 1. The van der Waals surface area contributed by atoms with Crippen molar-refractivity contribution in [2.45, 2.75) is 26.7 Å². The van der Waals surface area contributed by atoms with Gasteiger partial charge in [-0.25, -0.2) is 0 Å². The number of carbonyl (C=O) groups excluding carboxylic acids is 2. The highest BCUT2D eigenvalue weighted by Gasteiger charge is 2.32. The van der Waals surface area contributed by atoms with E-state index < -0.39 is 0 Å². The lowest BCUT2D eigenvalue weighted by Crippen LogP contribution is -2.42. The fraction of sp³-hybridized carbons (Fsp3) is 0.474. The van der Waals surface area contributed by atoms with E-state index in [1.54, 1.807) is 31.1 Å². The second kappa shape index (κ2) is 7.17. The van der Waals surface area contributed by atoms with Crippen LogP contribution in [-0.2, 0) is 9.53 Å². The van der Waals surface area contributed by atoms with Gasteiger partial charge < -0.3 is 18.8 Å². The summed E-state index contributed by atoms with van der Waals surface area (Å²) in [5, 5.41) is 0.863. The number of ether oxygens (including phenoxy) is 2. The summed E-state index contributed by atoms with van der Waals surface area (Å²) >= 11 is 0. The average Bonchev–Trinajstić information content (AvgIpc) is 2.97. The number of aryl methyl sites for hydroxylation is 1. The Hall–Kier alpha value is -2.50. The number of rotatable bonds is 4. The molecule has 25 heavy (non-hydrogen) atoms. The fourth-order valence-corrected chi connectivity index (χ4v) is 3.29. The molecule has 6 heteroatoms. The van der Waals surface area contributed by atoms with Gasteiger partial charge in [-0.05, 0) is 44.9 Å². The molecule has 3 rings (SSSR count). The maximum atomic E-state index is 12.9. The number of nitrogens with zero attached hydrogens (tertiary/aromatic N) is 1. The number of methoxy groups -OCH3 is 1. The van der Waals surface area contributed by atoms with Gasteiger partial charge in [-0.1, -0.05) is 0 Å². The Morgan fingerprint density at radius 1 is 1.36 bits per heavy atom. The predicted octanol–water partition coefficient (Wildman–Crippen LogP) is 3.17. The van der Waals surface area contributed by atoms with Crippen LogP contribution in [-0.4, -0.2) is 43.6 Å². The van der Waals surface area contributed by atoms with Gasteiger partial charge in [0.15, 0.2) is 5.76 Å². The predicted molar refractivity (Wildman–Crippen MR) is 92.8 cm³/mol. The summed E-state index contributed by atoms with van der Waals surface area (Å²) < 4.78 is 16.1. The first-order valence-corrected chi connectivity index (χ1v) is 8.58. The van der Waals surface area contributed by atoms with E-state index in [1.165, 1.54) is 0 Å². The largest absolute Gasteiger partial charge is 0.497 e. The number of benzene rings is 1. The maximum Gasteiger partial charge on any atom is 0.310 e. The molecular weight excluding hydrogens is 322 g/mol. The Balaban J connectivity index is 1.84. The van der Waals surface area contributed by atoms with Crippen LogP contribution in [0.25, 0.3) is 11.0 Å². The summed E-state index contributed by atoms with van der Waals surface area (Å²) in [6.45, 7) is 5.00. The van der Waals surface area contributed by atoms with Crippen LogP contribution in [0.4, 0.5) is 0 Å². The molecule has 2 heterocycles. The molecular formula is C19H23NO5. The summed E-state index contributed by atoms with van der Waals surface area (Å²) in [4.78, 5) is 26.6. The Labute approximate surface area is 146 Å². The van der Waals surface area contributed by atoms with Crippen LogP contribution in [0.15, 0.2) is 22.6 Å². The van der Waals surface area contributed by atoms with Crippen molar-refractivity contribution >= 4 is 22.8 Å². The first kappa shape index (κ1) is 17.3. The second-order valence-corrected chi connectivity index (χ2v) is 6.26. The highest BCUT2D eigenvalue weighted by molar-refractivity contribution is 5.99. The van der Waals surface area contributed by atoms with Crippen molar-refractivity contribution in [3.05, 3.63) is 29.5 Å². The molecule has 1 amide bonds. The first-order chi connectivity index (χ1) is 12.0. The number of furan rings is 1. The lowest BCUT2D eigenvalue weighted by Gasteiger charge is -2.31. The molecule has 1 fully saturated rings. The van der Waals surface area contributed by atoms with Crippen LogP contribution in [0, 0.1) is 12.8 Å². The number of amides is 1. The monoisotopic (exact) mass is 345 g/mol. The van der Waals surface area contributed by atoms with Crippen molar-refractivity contribution in [3.8, 4) is 5.75 Å². The number of hydrogen-bond donors (Lipinski definition) is 0. The first-order valence-electron chi connectivity index (χ1n) is 8.58. The van der Waals surface area contributed by atoms with Crippen LogP contribution < -0.4 is 4.74 Å². The van der Waals surface area contributed by atoms with Crippen molar-refractivity contribution in [2.24, 2.45) is 5.92 Å². The van der Waals surface area contributed by atoms with Gasteiger partial charge >= 0.3 is 5.97 Å². The average molecular weight is 345 g/mol. The minimum Gasteiger partial charge on any atom is -0.497 e. The lowest BCUT2D eigenvalue weighted by atomic mass is 9.98. The Morgan fingerprint density at radius 3 is 2.88 bits per heavy atom. The Bertz CT molecular complexity index is 794. The van der Waals surface area contributed by atoms with Crippen LogP contribution in [0.3, 0.4) is 0 Å². The molecule has 0 radical (unpaired) electrons. The molecule has 1 aliphatic heterocycles. The topological polar surface area (TPSA) is 69.0 Å². The zero-order valence-corrected chi connectivity index (χ0v) is 14.8. The summed E-state index contributed by atoms with van der Waals surface area (Å²) in [5.41, 5.74) is 1.44. The molecule has 2 aromatic rings. The van der Waals surface area contributed by atoms with E-state index in [2.05, 4.69) is 0 Å².